The molecular weight excluding hydrogens is 220 g/mol. The zero-order chi connectivity index (χ0) is 13.0. The Balaban J connectivity index is 1.72. The monoisotopic (exact) mass is 252 g/mol. The summed E-state index contributed by atoms with van der Waals surface area (Å²) in [5.41, 5.74) is 0.354. The van der Waals surface area contributed by atoms with Crippen molar-refractivity contribution >= 4 is 0 Å². The molecule has 2 aliphatic rings. The molecule has 0 radical (unpaired) electrons. The maximum Gasteiger partial charge on any atom is 0.0125 e. The molecule has 0 amide bonds. The van der Waals surface area contributed by atoms with Gasteiger partial charge in [-0.15, -0.1) is 0 Å². The number of hydrogen-bond donors (Lipinski definition) is 1. The normalized spacial score (nSPS) is 26.2. The maximum atomic E-state index is 3.94. The Hall–Kier alpha value is -0.0800. The number of piperidine rings is 1. The summed E-state index contributed by atoms with van der Waals surface area (Å²) < 4.78 is 0. The smallest absolute Gasteiger partial charge is 0.0125 e. The van der Waals surface area contributed by atoms with Crippen LogP contribution in [0.15, 0.2) is 0 Å². The number of nitrogens with zero attached hydrogens (tertiary/aromatic N) is 1. The molecule has 0 aromatic rings. The van der Waals surface area contributed by atoms with Crippen LogP contribution in [0, 0.1) is 0 Å². The van der Waals surface area contributed by atoms with E-state index >= 15 is 0 Å². The van der Waals surface area contributed by atoms with Gasteiger partial charge in [0, 0.05) is 30.7 Å². The van der Waals surface area contributed by atoms with Gasteiger partial charge < -0.3 is 5.32 Å². The van der Waals surface area contributed by atoms with Crippen molar-refractivity contribution in [2.45, 2.75) is 89.8 Å². The molecule has 2 fully saturated rings. The van der Waals surface area contributed by atoms with Crippen molar-refractivity contribution in [3.63, 3.8) is 0 Å². The lowest BCUT2D eigenvalue weighted by molar-refractivity contribution is 0.0932. The van der Waals surface area contributed by atoms with Crippen molar-refractivity contribution in [2.24, 2.45) is 0 Å². The molecule has 0 atom stereocenters. The third-order valence-electron chi connectivity index (χ3n) is 4.77. The number of nitrogens with one attached hydrogen (secondary N) is 1. The summed E-state index contributed by atoms with van der Waals surface area (Å²) >= 11 is 0. The Labute approximate surface area is 114 Å². The van der Waals surface area contributed by atoms with Crippen molar-refractivity contribution in [3.8, 4) is 0 Å². The molecule has 0 aromatic carbocycles. The van der Waals surface area contributed by atoms with E-state index in [1.165, 1.54) is 64.5 Å². The zero-order valence-electron chi connectivity index (χ0n) is 12.7. The summed E-state index contributed by atoms with van der Waals surface area (Å²) in [7, 11) is 0. The largest absolute Gasteiger partial charge is 0.311 e. The van der Waals surface area contributed by atoms with E-state index < -0.39 is 0 Å². The molecule has 0 spiro atoms. The Bertz CT molecular complexity index is 228. The second kappa shape index (κ2) is 6.38. The SMILES string of the molecule is CC(C)(C)N1CCC(NC2CCCCCC2)CC1. The molecule has 1 saturated heterocycles. The van der Waals surface area contributed by atoms with Gasteiger partial charge >= 0.3 is 0 Å². The van der Waals surface area contributed by atoms with Crippen LogP contribution in [0.1, 0.15) is 72.1 Å². The van der Waals surface area contributed by atoms with Gasteiger partial charge in [0.05, 0.1) is 0 Å². The molecule has 1 aliphatic carbocycles. The number of rotatable bonds is 2. The molecule has 1 heterocycles. The molecule has 0 unspecified atom stereocenters. The van der Waals surface area contributed by atoms with Gasteiger partial charge in [0.1, 0.15) is 0 Å². The Morgan fingerprint density at radius 1 is 0.778 bits per heavy atom. The van der Waals surface area contributed by atoms with Crippen LogP contribution in [-0.2, 0) is 0 Å². The molecule has 1 N–H and O–H groups in total. The highest BCUT2D eigenvalue weighted by Crippen LogP contribution is 2.22. The summed E-state index contributed by atoms with van der Waals surface area (Å²) in [6.07, 6.45) is 11.3. The van der Waals surface area contributed by atoms with Crippen LogP contribution >= 0.6 is 0 Å². The first-order valence-corrected chi connectivity index (χ1v) is 8.07. The van der Waals surface area contributed by atoms with Crippen molar-refractivity contribution in [1.29, 1.82) is 0 Å². The predicted molar refractivity (Wildman–Crippen MR) is 79.0 cm³/mol. The lowest BCUT2D eigenvalue weighted by Gasteiger charge is -2.41. The van der Waals surface area contributed by atoms with Crippen molar-refractivity contribution < 1.29 is 0 Å². The summed E-state index contributed by atoms with van der Waals surface area (Å²) in [6, 6.07) is 1.60. The van der Waals surface area contributed by atoms with Crippen molar-refractivity contribution in [3.05, 3.63) is 0 Å². The Morgan fingerprint density at radius 3 is 1.78 bits per heavy atom. The quantitative estimate of drug-likeness (QED) is 0.756. The van der Waals surface area contributed by atoms with Gasteiger partial charge in [-0.2, -0.15) is 0 Å². The Kier molecular flexibility index (Phi) is 5.08. The second-order valence-corrected chi connectivity index (χ2v) is 7.29. The molecule has 0 bridgehead atoms. The van der Waals surface area contributed by atoms with Gasteiger partial charge in [-0.1, -0.05) is 25.7 Å². The predicted octanol–water partition coefficient (Wildman–Crippen LogP) is 3.56. The van der Waals surface area contributed by atoms with Gasteiger partial charge in [0.25, 0.3) is 0 Å². The van der Waals surface area contributed by atoms with E-state index in [4.69, 9.17) is 0 Å². The van der Waals surface area contributed by atoms with E-state index in [1.54, 1.807) is 0 Å². The highest BCUT2D eigenvalue weighted by atomic mass is 15.2. The van der Waals surface area contributed by atoms with E-state index in [-0.39, 0.29) is 0 Å². The fourth-order valence-corrected chi connectivity index (χ4v) is 3.50. The number of hydrogen-bond acceptors (Lipinski definition) is 2. The van der Waals surface area contributed by atoms with Crippen LogP contribution in [0.25, 0.3) is 0 Å². The minimum absolute atomic E-state index is 0.354. The summed E-state index contributed by atoms with van der Waals surface area (Å²) in [4.78, 5) is 2.64. The molecule has 1 aliphatic heterocycles. The van der Waals surface area contributed by atoms with Crippen LogP contribution < -0.4 is 5.32 Å². The van der Waals surface area contributed by atoms with E-state index in [2.05, 4.69) is 31.0 Å². The molecule has 0 aromatic heterocycles. The molecule has 2 nitrogen and oxygen atoms in total. The lowest BCUT2D eigenvalue weighted by atomic mass is 9.96. The first-order valence-electron chi connectivity index (χ1n) is 8.07. The number of likely N-dealkylation sites (tertiary alicyclic amines) is 1. The van der Waals surface area contributed by atoms with Crippen molar-refractivity contribution in [1.82, 2.24) is 10.2 Å². The zero-order valence-corrected chi connectivity index (χ0v) is 12.7. The molecule has 2 heteroatoms. The minimum atomic E-state index is 0.354. The van der Waals surface area contributed by atoms with Gasteiger partial charge in [0.2, 0.25) is 0 Å². The van der Waals surface area contributed by atoms with Crippen molar-refractivity contribution in [2.75, 3.05) is 13.1 Å². The summed E-state index contributed by atoms with van der Waals surface area (Å²) in [5, 5.41) is 3.94. The van der Waals surface area contributed by atoms with Gasteiger partial charge in [-0.05, 0) is 46.5 Å². The Morgan fingerprint density at radius 2 is 1.28 bits per heavy atom. The summed E-state index contributed by atoms with van der Waals surface area (Å²) in [5.74, 6) is 0. The van der Waals surface area contributed by atoms with E-state index in [9.17, 15) is 0 Å². The minimum Gasteiger partial charge on any atom is -0.311 e. The first-order chi connectivity index (χ1) is 8.55. The van der Waals surface area contributed by atoms with E-state index in [1.807, 2.05) is 0 Å². The first kappa shape index (κ1) is 14.3. The highest BCUT2D eigenvalue weighted by molar-refractivity contribution is 4.86. The fourth-order valence-electron chi connectivity index (χ4n) is 3.50. The van der Waals surface area contributed by atoms with Gasteiger partial charge in [-0.3, -0.25) is 4.90 Å². The van der Waals surface area contributed by atoms with E-state index in [0.29, 0.717) is 5.54 Å². The highest BCUT2D eigenvalue weighted by Gasteiger charge is 2.27. The average Bonchev–Trinajstić information content (AvgIpc) is 2.57. The van der Waals surface area contributed by atoms with Gasteiger partial charge in [0.15, 0.2) is 0 Å². The maximum absolute atomic E-state index is 3.94. The molecule has 1 saturated carbocycles. The van der Waals surface area contributed by atoms with Crippen LogP contribution in [-0.4, -0.2) is 35.6 Å². The third-order valence-corrected chi connectivity index (χ3v) is 4.77. The topological polar surface area (TPSA) is 15.3 Å². The molecular formula is C16H32N2. The lowest BCUT2D eigenvalue weighted by Crippen LogP contribution is -2.51. The van der Waals surface area contributed by atoms with Crippen LogP contribution in [0.2, 0.25) is 0 Å². The van der Waals surface area contributed by atoms with Gasteiger partial charge in [-0.25, -0.2) is 0 Å². The molecule has 106 valence electrons. The molecule has 2 rings (SSSR count). The molecule has 18 heavy (non-hydrogen) atoms. The standard InChI is InChI=1S/C16H32N2/c1-16(2,3)18-12-10-15(11-13-18)17-14-8-6-4-5-7-9-14/h14-15,17H,4-13H2,1-3H3. The van der Waals surface area contributed by atoms with E-state index in [0.717, 1.165) is 12.1 Å². The second-order valence-electron chi connectivity index (χ2n) is 7.29. The van der Waals surface area contributed by atoms with Crippen LogP contribution in [0.4, 0.5) is 0 Å². The third kappa shape index (κ3) is 4.24. The fraction of sp³-hybridized carbons (Fsp3) is 1.00. The summed E-state index contributed by atoms with van der Waals surface area (Å²) in [6.45, 7) is 9.56. The average molecular weight is 252 g/mol. The van der Waals surface area contributed by atoms with Crippen LogP contribution in [0.3, 0.4) is 0 Å². The van der Waals surface area contributed by atoms with Crippen LogP contribution in [0.5, 0.6) is 0 Å².